The summed E-state index contributed by atoms with van der Waals surface area (Å²) in [5.74, 6) is 0.311. The molecule has 0 radical (unpaired) electrons. The van der Waals surface area contributed by atoms with Crippen molar-refractivity contribution < 1.29 is 13.2 Å². The number of nitrogens with zero attached hydrogens (tertiary/aromatic N) is 4. The van der Waals surface area contributed by atoms with Gasteiger partial charge in [0.05, 0.1) is 12.1 Å². The lowest BCUT2D eigenvalue weighted by Crippen LogP contribution is -2.05. The van der Waals surface area contributed by atoms with Crippen molar-refractivity contribution in [3.8, 4) is 11.4 Å². The van der Waals surface area contributed by atoms with E-state index in [4.69, 9.17) is 6.57 Å². The van der Waals surface area contributed by atoms with Gasteiger partial charge in [-0.2, -0.15) is 13.2 Å². The Morgan fingerprint density at radius 3 is 2.43 bits per heavy atom. The van der Waals surface area contributed by atoms with Gasteiger partial charge in [0.15, 0.2) is 17.2 Å². The highest BCUT2D eigenvalue weighted by Crippen LogP contribution is 2.30. The third-order valence-corrected chi connectivity index (χ3v) is 2.92. The number of hydrogen-bond donors (Lipinski definition) is 0. The molecule has 0 atom stereocenters. The molecule has 21 heavy (non-hydrogen) atoms. The molecular formula is C14H7F3N4. The van der Waals surface area contributed by atoms with Gasteiger partial charge in [-0.1, -0.05) is 24.3 Å². The molecule has 0 N–H and O–H groups in total. The second-order valence-electron chi connectivity index (χ2n) is 4.31. The van der Waals surface area contributed by atoms with Crippen LogP contribution in [0.4, 0.5) is 18.9 Å². The van der Waals surface area contributed by atoms with Crippen LogP contribution in [-0.4, -0.2) is 14.6 Å². The molecule has 1 aromatic carbocycles. The predicted molar refractivity (Wildman–Crippen MR) is 69.7 cm³/mol. The maximum Gasteiger partial charge on any atom is 0.416 e. The largest absolute Gasteiger partial charge is 0.416 e. The zero-order valence-electron chi connectivity index (χ0n) is 10.5. The van der Waals surface area contributed by atoms with Crippen LogP contribution in [0.3, 0.4) is 0 Å². The van der Waals surface area contributed by atoms with Crippen LogP contribution in [0.1, 0.15) is 5.56 Å². The van der Waals surface area contributed by atoms with Crippen LogP contribution in [0.2, 0.25) is 0 Å². The van der Waals surface area contributed by atoms with Gasteiger partial charge in [-0.05, 0) is 12.1 Å². The average Bonchev–Trinajstić information content (AvgIpc) is 2.89. The smallest absolute Gasteiger partial charge is 0.238 e. The van der Waals surface area contributed by atoms with Crippen molar-refractivity contribution in [3.63, 3.8) is 0 Å². The first-order chi connectivity index (χ1) is 9.97. The van der Waals surface area contributed by atoms with Crippen LogP contribution in [0.15, 0.2) is 42.6 Å². The highest BCUT2D eigenvalue weighted by Gasteiger charge is 2.30. The van der Waals surface area contributed by atoms with Gasteiger partial charge in [-0.15, -0.1) is 5.10 Å². The molecule has 0 fully saturated rings. The van der Waals surface area contributed by atoms with Gasteiger partial charge < -0.3 is 0 Å². The molecule has 0 aliphatic carbocycles. The Balaban J connectivity index is 2.06. The molecule has 3 rings (SSSR count). The topological polar surface area (TPSA) is 34.5 Å². The lowest BCUT2D eigenvalue weighted by molar-refractivity contribution is -0.137. The van der Waals surface area contributed by atoms with Crippen molar-refractivity contribution >= 4 is 11.3 Å². The standard InChI is InChI=1S/C14H7F3N4/c1-18-11-4-2-9(3-5-11)13-19-12-8-10(14(15,16)17)6-7-21(12)20-13/h2-8H. The van der Waals surface area contributed by atoms with Crippen LogP contribution in [0.25, 0.3) is 21.9 Å². The summed E-state index contributed by atoms with van der Waals surface area (Å²) < 4.78 is 39.2. The van der Waals surface area contributed by atoms with Crippen molar-refractivity contribution in [2.24, 2.45) is 0 Å². The third kappa shape index (κ3) is 2.43. The molecule has 3 aromatic rings. The van der Waals surface area contributed by atoms with Crippen LogP contribution >= 0.6 is 0 Å². The Hall–Kier alpha value is -2.88. The minimum absolute atomic E-state index is 0.120. The van der Waals surface area contributed by atoms with Crippen LogP contribution < -0.4 is 0 Å². The lowest BCUT2D eigenvalue weighted by atomic mass is 10.2. The first-order valence-corrected chi connectivity index (χ1v) is 5.89. The first kappa shape index (κ1) is 13.1. The summed E-state index contributed by atoms with van der Waals surface area (Å²) >= 11 is 0. The SMILES string of the molecule is [C-]#[N+]c1ccc(-c2nc3cc(C(F)(F)F)ccn3n2)cc1. The van der Waals surface area contributed by atoms with Crippen LogP contribution in [0, 0.1) is 6.57 Å². The second kappa shape index (κ2) is 4.59. The number of pyridine rings is 1. The molecule has 0 unspecified atom stereocenters. The second-order valence-corrected chi connectivity index (χ2v) is 4.31. The fraction of sp³-hybridized carbons (Fsp3) is 0.0714. The number of fused-ring (bicyclic) bond motifs is 1. The van der Waals surface area contributed by atoms with E-state index in [1.165, 1.54) is 10.7 Å². The van der Waals surface area contributed by atoms with Gasteiger partial charge >= 0.3 is 6.18 Å². The minimum atomic E-state index is -4.41. The average molecular weight is 288 g/mol. The van der Waals surface area contributed by atoms with E-state index >= 15 is 0 Å². The highest BCUT2D eigenvalue weighted by atomic mass is 19.4. The van der Waals surface area contributed by atoms with Crippen LogP contribution in [-0.2, 0) is 6.18 Å². The van der Waals surface area contributed by atoms with E-state index in [1.54, 1.807) is 24.3 Å². The van der Waals surface area contributed by atoms with E-state index in [0.29, 0.717) is 17.1 Å². The van der Waals surface area contributed by atoms with Gasteiger partial charge in [0, 0.05) is 11.8 Å². The minimum Gasteiger partial charge on any atom is -0.238 e. The fourth-order valence-corrected chi connectivity index (χ4v) is 1.87. The van der Waals surface area contributed by atoms with Crippen molar-refractivity contribution in [3.05, 3.63) is 59.6 Å². The van der Waals surface area contributed by atoms with Crippen molar-refractivity contribution in [2.45, 2.75) is 6.18 Å². The zero-order valence-corrected chi connectivity index (χ0v) is 10.5. The van der Waals surface area contributed by atoms with Crippen molar-refractivity contribution in [1.82, 2.24) is 14.6 Å². The van der Waals surface area contributed by atoms with Gasteiger partial charge in [0.2, 0.25) is 0 Å². The Morgan fingerprint density at radius 2 is 1.81 bits per heavy atom. The molecule has 104 valence electrons. The van der Waals surface area contributed by atoms with E-state index in [2.05, 4.69) is 14.9 Å². The van der Waals surface area contributed by atoms with E-state index in [1.807, 2.05) is 0 Å². The highest BCUT2D eigenvalue weighted by molar-refractivity contribution is 5.62. The number of halogens is 3. The van der Waals surface area contributed by atoms with Gasteiger partial charge in [0.25, 0.3) is 0 Å². The van der Waals surface area contributed by atoms with Crippen molar-refractivity contribution in [2.75, 3.05) is 0 Å². The maximum absolute atomic E-state index is 12.6. The molecule has 0 saturated carbocycles. The quantitative estimate of drug-likeness (QED) is 0.635. The molecule has 0 spiro atoms. The molecule has 0 bridgehead atoms. The first-order valence-electron chi connectivity index (χ1n) is 5.89. The van der Waals surface area contributed by atoms with E-state index in [9.17, 15) is 13.2 Å². The monoisotopic (exact) mass is 288 g/mol. The summed E-state index contributed by atoms with van der Waals surface area (Å²) in [6.45, 7) is 6.87. The van der Waals surface area contributed by atoms with E-state index in [-0.39, 0.29) is 5.65 Å². The molecule has 2 heterocycles. The van der Waals surface area contributed by atoms with Gasteiger partial charge in [-0.25, -0.2) is 14.3 Å². The lowest BCUT2D eigenvalue weighted by Gasteiger charge is -2.05. The number of alkyl halides is 3. The molecule has 4 nitrogen and oxygen atoms in total. The summed E-state index contributed by atoms with van der Waals surface area (Å²) in [7, 11) is 0. The Morgan fingerprint density at radius 1 is 1.10 bits per heavy atom. The number of rotatable bonds is 1. The molecule has 7 heteroatoms. The third-order valence-electron chi connectivity index (χ3n) is 2.92. The molecule has 0 saturated heterocycles. The summed E-state index contributed by atoms with van der Waals surface area (Å²) in [5.41, 5.74) is 0.466. The predicted octanol–water partition coefficient (Wildman–Crippen LogP) is 3.97. The van der Waals surface area contributed by atoms with E-state index < -0.39 is 11.7 Å². The Kier molecular flexibility index (Phi) is 2.87. The Labute approximate surface area is 117 Å². The normalized spacial score (nSPS) is 11.5. The number of hydrogen-bond acceptors (Lipinski definition) is 2. The summed E-state index contributed by atoms with van der Waals surface area (Å²) in [4.78, 5) is 7.35. The van der Waals surface area contributed by atoms with Crippen LogP contribution in [0.5, 0.6) is 0 Å². The fourth-order valence-electron chi connectivity index (χ4n) is 1.87. The number of benzene rings is 1. The van der Waals surface area contributed by atoms with Gasteiger partial charge in [0.1, 0.15) is 0 Å². The molecule has 0 aliphatic heterocycles. The molecule has 2 aromatic heterocycles. The van der Waals surface area contributed by atoms with E-state index in [0.717, 1.165) is 12.1 Å². The summed E-state index contributed by atoms with van der Waals surface area (Å²) in [6, 6.07) is 8.43. The number of aromatic nitrogens is 3. The summed E-state index contributed by atoms with van der Waals surface area (Å²) in [6.07, 6.45) is -3.19. The summed E-state index contributed by atoms with van der Waals surface area (Å²) in [5, 5.41) is 4.12. The molecule has 0 amide bonds. The molecular weight excluding hydrogens is 281 g/mol. The molecule has 0 aliphatic rings. The van der Waals surface area contributed by atoms with Gasteiger partial charge in [-0.3, -0.25) is 0 Å². The zero-order chi connectivity index (χ0) is 15.0. The van der Waals surface area contributed by atoms with Crippen molar-refractivity contribution in [1.29, 1.82) is 0 Å². The maximum atomic E-state index is 12.6. The Bertz CT molecular complexity index is 841.